The van der Waals surface area contributed by atoms with Crippen LogP contribution in [0, 0.1) is 0 Å². The molecule has 0 aromatic carbocycles. The number of ether oxygens (including phenoxy) is 1. The molecule has 0 aliphatic carbocycles. The lowest BCUT2D eigenvalue weighted by atomic mass is 10.3. The Morgan fingerprint density at radius 2 is 1.72 bits per heavy atom. The van der Waals surface area contributed by atoms with Crippen LogP contribution < -0.4 is 0 Å². The van der Waals surface area contributed by atoms with Gasteiger partial charge in [0, 0.05) is 20.6 Å². The zero-order valence-corrected chi connectivity index (χ0v) is 13.5. The van der Waals surface area contributed by atoms with E-state index in [4.69, 9.17) is 13.6 Å². The van der Waals surface area contributed by atoms with E-state index in [1.54, 1.807) is 14.2 Å². The SMILES string of the molecule is CCCC[Si](OC)(OC)C(CC)OC(=O)CCC. The summed E-state index contributed by atoms with van der Waals surface area (Å²) < 4.78 is 16.9. The molecule has 5 heteroatoms. The van der Waals surface area contributed by atoms with Crippen molar-refractivity contribution >= 4 is 14.5 Å². The lowest BCUT2D eigenvalue weighted by Crippen LogP contribution is -2.53. The van der Waals surface area contributed by atoms with Gasteiger partial charge in [-0.2, -0.15) is 0 Å². The maximum Gasteiger partial charge on any atom is 0.379 e. The van der Waals surface area contributed by atoms with Gasteiger partial charge in [-0.25, -0.2) is 0 Å². The van der Waals surface area contributed by atoms with Crippen molar-refractivity contribution in [2.75, 3.05) is 14.2 Å². The molecule has 0 saturated carbocycles. The van der Waals surface area contributed by atoms with Gasteiger partial charge in [-0.15, -0.1) is 0 Å². The van der Waals surface area contributed by atoms with Crippen LogP contribution >= 0.6 is 0 Å². The minimum absolute atomic E-state index is 0.146. The highest BCUT2D eigenvalue weighted by Gasteiger charge is 2.45. The molecule has 0 aliphatic rings. The zero-order chi connectivity index (χ0) is 14.0. The lowest BCUT2D eigenvalue weighted by Gasteiger charge is -2.34. The molecule has 0 fully saturated rings. The number of carbonyl (C=O) groups excluding carboxylic acids is 1. The van der Waals surface area contributed by atoms with Gasteiger partial charge in [0.25, 0.3) is 0 Å². The first kappa shape index (κ1) is 17.6. The van der Waals surface area contributed by atoms with Crippen molar-refractivity contribution in [2.45, 2.75) is 64.6 Å². The predicted molar refractivity (Wildman–Crippen MR) is 74.6 cm³/mol. The van der Waals surface area contributed by atoms with Gasteiger partial charge in [0.15, 0.2) is 0 Å². The molecule has 0 radical (unpaired) electrons. The van der Waals surface area contributed by atoms with Crippen molar-refractivity contribution in [2.24, 2.45) is 0 Å². The Morgan fingerprint density at radius 1 is 1.11 bits per heavy atom. The van der Waals surface area contributed by atoms with Crippen LogP contribution in [0.2, 0.25) is 6.04 Å². The van der Waals surface area contributed by atoms with Crippen molar-refractivity contribution in [1.82, 2.24) is 0 Å². The third kappa shape index (κ3) is 5.08. The van der Waals surface area contributed by atoms with Crippen LogP contribution in [0.4, 0.5) is 0 Å². The highest BCUT2D eigenvalue weighted by molar-refractivity contribution is 6.68. The van der Waals surface area contributed by atoms with Gasteiger partial charge in [0.1, 0.15) is 5.73 Å². The van der Waals surface area contributed by atoms with Crippen molar-refractivity contribution < 1.29 is 18.4 Å². The summed E-state index contributed by atoms with van der Waals surface area (Å²) >= 11 is 0. The number of unbranched alkanes of at least 4 members (excludes halogenated alkanes) is 1. The van der Waals surface area contributed by atoms with Crippen LogP contribution in [0.15, 0.2) is 0 Å². The Bertz CT molecular complexity index is 229. The Morgan fingerprint density at radius 3 is 2.11 bits per heavy atom. The van der Waals surface area contributed by atoms with Gasteiger partial charge in [-0.1, -0.05) is 33.6 Å². The van der Waals surface area contributed by atoms with Crippen molar-refractivity contribution in [1.29, 1.82) is 0 Å². The smallest absolute Gasteiger partial charge is 0.379 e. The number of esters is 1. The Kier molecular flexibility index (Phi) is 9.32. The van der Waals surface area contributed by atoms with Crippen LogP contribution in [-0.4, -0.2) is 34.5 Å². The van der Waals surface area contributed by atoms with Crippen LogP contribution in [0.25, 0.3) is 0 Å². The summed E-state index contributed by atoms with van der Waals surface area (Å²) in [6.45, 7) is 6.11. The summed E-state index contributed by atoms with van der Waals surface area (Å²) in [5, 5.41) is 0. The summed E-state index contributed by atoms with van der Waals surface area (Å²) in [5.74, 6) is -0.146. The maximum atomic E-state index is 11.7. The van der Waals surface area contributed by atoms with E-state index < -0.39 is 8.56 Å². The molecular formula is C13H28O4Si. The third-order valence-corrected chi connectivity index (χ3v) is 7.10. The van der Waals surface area contributed by atoms with Gasteiger partial charge >= 0.3 is 14.5 Å². The summed E-state index contributed by atoms with van der Waals surface area (Å²) in [4.78, 5) is 11.7. The van der Waals surface area contributed by atoms with Crippen molar-refractivity contribution in [3.63, 3.8) is 0 Å². The molecule has 1 atom stereocenters. The average Bonchev–Trinajstić information content (AvgIpc) is 2.39. The highest BCUT2D eigenvalue weighted by Crippen LogP contribution is 2.24. The van der Waals surface area contributed by atoms with E-state index in [1.807, 2.05) is 13.8 Å². The summed E-state index contributed by atoms with van der Waals surface area (Å²) in [7, 11) is 0.908. The largest absolute Gasteiger partial charge is 0.460 e. The molecule has 1 unspecified atom stereocenters. The molecule has 0 bridgehead atoms. The fraction of sp³-hybridized carbons (Fsp3) is 0.923. The summed E-state index contributed by atoms with van der Waals surface area (Å²) in [6, 6.07) is 0.869. The van der Waals surface area contributed by atoms with E-state index in [0.29, 0.717) is 6.42 Å². The van der Waals surface area contributed by atoms with Crippen molar-refractivity contribution in [3.05, 3.63) is 0 Å². The molecule has 0 rings (SSSR count). The molecule has 0 saturated heterocycles. The molecule has 0 N–H and O–H groups in total. The molecule has 0 aromatic heterocycles. The van der Waals surface area contributed by atoms with E-state index in [2.05, 4.69) is 6.92 Å². The first-order chi connectivity index (χ1) is 8.60. The van der Waals surface area contributed by atoms with Gasteiger partial charge < -0.3 is 13.6 Å². The molecule has 0 aromatic rings. The number of rotatable bonds is 10. The second-order valence-corrected chi connectivity index (χ2v) is 8.04. The fourth-order valence-electron chi connectivity index (χ4n) is 2.04. The van der Waals surface area contributed by atoms with Crippen LogP contribution in [0.3, 0.4) is 0 Å². The van der Waals surface area contributed by atoms with E-state index in [-0.39, 0.29) is 11.7 Å². The van der Waals surface area contributed by atoms with Gasteiger partial charge in [-0.05, 0) is 18.9 Å². The van der Waals surface area contributed by atoms with Gasteiger partial charge in [0.05, 0.1) is 0 Å². The van der Waals surface area contributed by atoms with Gasteiger partial charge in [0.2, 0.25) is 0 Å². The normalized spacial score (nSPS) is 13.4. The predicted octanol–water partition coefficient (Wildman–Crippen LogP) is 3.18. The zero-order valence-electron chi connectivity index (χ0n) is 12.5. The van der Waals surface area contributed by atoms with Crippen LogP contribution in [0.5, 0.6) is 0 Å². The molecule has 0 amide bonds. The second-order valence-electron chi connectivity index (χ2n) is 4.46. The molecule has 0 heterocycles. The summed E-state index contributed by atoms with van der Waals surface area (Å²) in [6.07, 6.45) is 4.13. The van der Waals surface area contributed by atoms with E-state index >= 15 is 0 Å². The van der Waals surface area contributed by atoms with Crippen molar-refractivity contribution in [3.8, 4) is 0 Å². The minimum atomic E-state index is -2.43. The Balaban J connectivity index is 4.74. The number of hydrogen-bond acceptors (Lipinski definition) is 4. The molecular weight excluding hydrogens is 248 g/mol. The topological polar surface area (TPSA) is 44.8 Å². The third-order valence-electron chi connectivity index (χ3n) is 3.16. The Labute approximate surface area is 112 Å². The monoisotopic (exact) mass is 276 g/mol. The standard InChI is InChI=1S/C13H28O4Si/c1-6-9-11-18(15-4,16-5)13(8-3)17-12(14)10-7-2/h13H,6-11H2,1-5H3. The van der Waals surface area contributed by atoms with E-state index in [1.165, 1.54) is 0 Å². The second kappa shape index (κ2) is 9.53. The minimum Gasteiger partial charge on any atom is -0.460 e. The molecule has 18 heavy (non-hydrogen) atoms. The lowest BCUT2D eigenvalue weighted by molar-refractivity contribution is -0.147. The molecule has 4 nitrogen and oxygen atoms in total. The molecule has 0 aliphatic heterocycles. The Hall–Kier alpha value is -0.393. The van der Waals surface area contributed by atoms with Crippen LogP contribution in [-0.2, 0) is 18.4 Å². The number of carbonyl (C=O) groups is 1. The fourth-order valence-corrected chi connectivity index (χ4v) is 5.24. The average molecular weight is 276 g/mol. The maximum absolute atomic E-state index is 11.7. The molecule has 0 spiro atoms. The van der Waals surface area contributed by atoms with E-state index in [9.17, 15) is 4.79 Å². The van der Waals surface area contributed by atoms with Gasteiger partial charge in [-0.3, -0.25) is 4.79 Å². The quantitative estimate of drug-likeness (QED) is 0.454. The van der Waals surface area contributed by atoms with E-state index in [0.717, 1.165) is 31.7 Å². The number of hydrogen-bond donors (Lipinski definition) is 0. The summed E-state index contributed by atoms with van der Waals surface area (Å²) in [5.41, 5.74) is -0.210. The first-order valence-corrected chi connectivity index (χ1v) is 8.99. The molecule has 108 valence electrons. The first-order valence-electron chi connectivity index (χ1n) is 6.89. The highest BCUT2D eigenvalue weighted by atomic mass is 28.4. The van der Waals surface area contributed by atoms with Crippen LogP contribution in [0.1, 0.15) is 52.9 Å².